The maximum atomic E-state index is 12.9. The molecular formula is C50H44N10O4. The molecule has 0 fully saturated rings. The number of rotatable bonds is 8. The lowest BCUT2D eigenvalue weighted by Gasteiger charge is -2.27. The number of ether oxygens (including phenoxy) is 3. The van der Waals surface area contributed by atoms with Crippen LogP contribution in [0.25, 0.3) is 33.4 Å². The van der Waals surface area contributed by atoms with Gasteiger partial charge in [0, 0.05) is 66.4 Å². The summed E-state index contributed by atoms with van der Waals surface area (Å²) in [5.74, 6) is 4.01. The summed E-state index contributed by atoms with van der Waals surface area (Å²) in [4.78, 5) is 32.1. The molecule has 4 aromatic heterocycles. The molecule has 1 amide bonds. The number of para-hydroxylation sites is 2. The third kappa shape index (κ3) is 8.00. The normalized spacial score (nSPS) is 13.1. The minimum absolute atomic E-state index is 0.233. The molecule has 14 nitrogen and oxygen atoms in total. The Hall–Kier alpha value is -8.23. The summed E-state index contributed by atoms with van der Waals surface area (Å²) >= 11 is 0. The highest BCUT2D eigenvalue weighted by molar-refractivity contribution is 5.92. The number of hydrogen-bond acceptors (Lipinski definition) is 11. The van der Waals surface area contributed by atoms with Crippen molar-refractivity contribution in [2.75, 3.05) is 24.6 Å². The largest absolute Gasteiger partial charge is 0.457 e. The minimum atomic E-state index is -0.347. The summed E-state index contributed by atoms with van der Waals surface area (Å²) in [6.07, 6.45) is 4.21. The van der Waals surface area contributed by atoms with Crippen LogP contribution in [0.4, 0.5) is 16.4 Å². The molecule has 0 atom stereocenters. The molecule has 5 aromatic carbocycles. The van der Waals surface area contributed by atoms with Crippen molar-refractivity contribution < 1.29 is 19.0 Å². The fourth-order valence-electron chi connectivity index (χ4n) is 8.40. The van der Waals surface area contributed by atoms with Crippen LogP contribution in [0.5, 0.6) is 23.0 Å². The first-order valence-corrected chi connectivity index (χ1v) is 21.1. The predicted molar refractivity (Wildman–Crippen MR) is 246 cm³/mol. The average Bonchev–Trinajstić information content (AvgIpc) is 3.87. The molecule has 14 heteroatoms. The van der Waals surface area contributed by atoms with Crippen molar-refractivity contribution in [3.8, 4) is 34.4 Å². The van der Waals surface area contributed by atoms with Crippen molar-refractivity contribution in [3.63, 3.8) is 0 Å². The van der Waals surface area contributed by atoms with Gasteiger partial charge in [0.15, 0.2) is 11.6 Å². The molecule has 11 rings (SSSR count). The van der Waals surface area contributed by atoms with E-state index in [1.807, 2.05) is 140 Å². The number of amides is 1. The fourth-order valence-corrected chi connectivity index (χ4v) is 8.40. The molecule has 0 unspecified atom stereocenters. The molecule has 5 N–H and O–H groups in total. The standard InChI is InChI=1S/C29H25N5O3.C21H19N5O/c30-28-27-26(31-19-32-28)24-17-33(29(35)36-18-20-7-3-1-4-8-20)16-15-25(24)34(27)21-11-13-23(14-12-21)37-22-9-5-2-6-10-22;22-21-20-19(24-13-25-21)17-12-23-11-10-18(17)26(20)14-6-8-16(9-7-14)27-15-4-2-1-3-5-15/h1-14,19H,15-18H2,(H2,30,31,32);1-9,13,23H,10-12H2,(H2,22,24,25). The molecule has 6 heterocycles. The molecule has 0 saturated carbocycles. The number of carbonyl (C=O) groups excluding carboxylic acids is 1. The molecule has 64 heavy (non-hydrogen) atoms. The van der Waals surface area contributed by atoms with Crippen LogP contribution in [0.3, 0.4) is 0 Å². The monoisotopic (exact) mass is 848 g/mol. The number of fused-ring (bicyclic) bond motifs is 6. The third-order valence-electron chi connectivity index (χ3n) is 11.4. The molecule has 0 bridgehead atoms. The first-order valence-electron chi connectivity index (χ1n) is 21.1. The van der Waals surface area contributed by atoms with E-state index in [4.69, 9.17) is 25.7 Å². The summed E-state index contributed by atoms with van der Waals surface area (Å²) in [5, 5.41) is 3.42. The lowest BCUT2D eigenvalue weighted by Crippen LogP contribution is -2.36. The highest BCUT2D eigenvalue weighted by Crippen LogP contribution is 2.36. The Morgan fingerprint density at radius 1 is 0.578 bits per heavy atom. The Morgan fingerprint density at radius 3 is 1.61 bits per heavy atom. The molecule has 0 spiro atoms. The van der Waals surface area contributed by atoms with E-state index in [-0.39, 0.29) is 12.7 Å². The van der Waals surface area contributed by atoms with Crippen LogP contribution >= 0.6 is 0 Å². The van der Waals surface area contributed by atoms with Crippen molar-refractivity contribution in [1.82, 2.24) is 39.3 Å². The number of carbonyl (C=O) groups is 1. The van der Waals surface area contributed by atoms with Gasteiger partial charge in [0.05, 0.1) is 17.6 Å². The van der Waals surface area contributed by atoms with E-state index in [2.05, 4.69) is 34.4 Å². The first kappa shape index (κ1) is 39.9. The number of anilines is 2. The van der Waals surface area contributed by atoms with Gasteiger partial charge in [-0.25, -0.2) is 24.7 Å². The van der Waals surface area contributed by atoms with E-state index in [0.717, 1.165) is 92.8 Å². The van der Waals surface area contributed by atoms with Crippen molar-refractivity contribution >= 4 is 39.8 Å². The lowest BCUT2D eigenvalue weighted by molar-refractivity contribution is 0.0918. The van der Waals surface area contributed by atoms with Crippen LogP contribution in [0.15, 0.2) is 152 Å². The highest BCUT2D eigenvalue weighted by atomic mass is 16.6. The lowest BCUT2D eigenvalue weighted by atomic mass is 10.1. The number of hydrogen-bond donors (Lipinski definition) is 3. The number of nitrogens with zero attached hydrogens (tertiary/aromatic N) is 7. The minimum Gasteiger partial charge on any atom is -0.457 e. The molecule has 0 aliphatic carbocycles. The van der Waals surface area contributed by atoms with E-state index in [9.17, 15) is 4.79 Å². The topological polar surface area (TPSA) is 173 Å². The predicted octanol–water partition coefficient (Wildman–Crippen LogP) is 8.93. The van der Waals surface area contributed by atoms with Crippen molar-refractivity contribution in [2.45, 2.75) is 32.5 Å². The Labute approximate surface area is 368 Å². The molecule has 2 aliphatic heterocycles. The van der Waals surface area contributed by atoms with Crippen LogP contribution in [0.1, 0.15) is 28.1 Å². The van der Waals surface area contributed by atoms with Gasteiger partial charge in [-0.05, 0) is 78.4 Å². The summed E-state index contributed by atoms with van der Waals surface area (Å²) in [6.45, 7) is 2.88. The summed E-state index contributed by atoms with van der Waals surface area (Å²) in [5.41, 5.74) is 23.2. The molecule has 318 valence electrons. The first-order chi connectivity index (χ1) is 31.5. The number of nitrogens with one attached hydrogen (secondary N) is 1. The number of aromatic nitrogens is 6. The maximum absolute atomic E-state index is 12.9. The van der Waals surface area contributed by atoms with E-state index in [0.29, 0.717) is 31.1 Å². The zero-order chi connectivity index (χ0) is 43.4. The highest BCUT2D eigenvalue weighted by Gasteiger charge is 2.30. The fraction of sp³-hybridized carbons (Fsp3) is 0.140. The molecule has 0 radical (unpaired) electrons. The van der Waals surface area contributed by atoms with E-state index >= 15 is 0 Å². The molecule has 9 aromatic rings. The quantitative estimate of drug-likeness (QED) is 0.133. The van der Waals surface area contributed by atoms with Crippen LogP contribution in [-0.2, 0) is 37.3 Å². The summed E-state index contributed by atoms with van der Waals surface area (Å²) in [7, 11) is 0. The van der Waals surface area contributed by atoms with Gasteiger partial charge >= 0.3 is 6.09 Å². The van der Waals surface area contributed by atoms with Gasteiger partial charge in [-0.15, -0.1) is 0 Å². The van der Waals surface area contributed by atoms with E-state index < -0.39 is 0 Å². The van der Waals surface area contributed by atoms with Crippen molar-refractivity contribution in [1.29, 1.82) is 0 Å². The second-order valence-corrected chi connectivity index (χ2v) is 15.4. The van der Waals surface area contributed by atoms with Crippen molar-refractivity contribution in [2.24, 2.45) is 0 Å². The number of nitrogen functional groups attached to an aromatic ring is 2. The van der Waals surface area contributed by atoms with Crippen LogP contribution < -0.4 is 26.3 Å². The second kappa shape index (κ2) is 17.6. The SMILES string of the molecule is Nc1ncnc2c3c(n(-c4ccc(Oc5ccccc5)cc4)c12)CCN(C(=O)OCc1ccccc1)C3.Nc1ncnc2c3c(n(-c4ccc(Oc5ccccc5)cc4)c12)CCNC3. The van der Waals surface area contributed by atoms with Crippen LogP contribution in [0, 0.1) is 0 Å². The third-order valence-corrected chi connectivity index (χ3v) is 11.4. The molecular weight excluding hydrogens is 805 g/mol. The van der Waals surface area contributed by atoms with Gasteiger partial charge in [-0.2, -0.15) is 0 Å². The Bertz CT molecular complexity index is 3070. The Balaban J connectivity index is 0.000000159. The smallest absolute Gasteiger partial charge is 0.410 e. The average molecular weight is 849 g/mol. The van der Waals surface area contributed by atoms with E-state index in [1.54, 1.807) is 4.90 Å². The van der Waals surface area contributed by atoms with Crippen molar-refractivity contribution in [3.05, 3.63) is 180 Å². The second-order valence-electron chi connectivity index (χ2n) is 15.4. The van der Waals surface area contributed by atoms with Gasteiger partial charge in [0.2, 0.25) is 0 Å². The molecule has 0 saturated heterocycles. The zero-order valence-electron chi connectivity index (χ0n) is 34.8. The van der Waals surface area contributed by atoms with Gasteiger partial charge < -0.3 is 45.0 Å². The van der Waals surface area contributed by atoms with Gasteiger partial charge in [0.1, 0.15) is 53.3 Å². The van der Waals surface area contributed by atoms with E-state index in [1.165, 1.54) is 23.9 Å². The number of nitrogens with two attached hydrogens (primary N) is 2. The van der Waals surface area contributed by atoms with Gasteiger partial charge in [-0.3, -0.25) is 0 Å². The zero-order valence-corrected chi connectivity index (χ0v) is 34.8. The molecule has 2 aliphatic rings. The van der Waals surface area contributed by atoms with Crippen LogP contribution in [0.2, 0.25) is 0 Å². The van der Waals surface area contributed by atoms with Gasteiger partial charge in [0.25, 0.3) is 0 Å². The van der Waals surface area contributed by atoms with Gasteiger partial charge in [-0.1, -0.05) is 66.7 Å². The summed E-state index contributed by atoms with van der Waals surface area (Å²) < 4.78 is 21.7. The van der Waals surface area contributed by atoms with Crippen LogP contribution in [-0.4, -0.2) is 53.2 Å². The maximum Gasteiger partial charge on any atom is 0.410 e. The Morgan fingerprint density at radius 2 is 1.06 bits per heavy atom. The summed E-state index contributed by atoms with van der Waals surface area (Å²) in [6, 6.07) is 45.0. The Kier molecular flexibility index (Phi) is 11.0. The number of benzene rings is 5.